The van der Waals surface area contributed by atoms with Crippen molar-refractivity contribution < 1.29 is 18.8 Å². The van der Waals surface area contributed by atoms with Crippen LogP contribution >= 0.6 is 0 Å². The van der Waals surface area contributed by atoms with Gasteiger partial charge in [-0.15, -0.1) is 0 Å². The molecule has 1 fully saturated rings. The largest absolute Gasteiger partial charge is 0.396 e. The van der Waals surface area contributed by atoms with Crippen molar-refractivity contribution in [2.24, 2.45) is 10.9 Å². The van der Waals surface area contributed by atoms with Gasteiger partial charge in [0.1, 0.15) is 18.1 Å². The fourth-order valence-corrected chi connectivity index (χ4v) is 3.27. The summed E-state index contributed by atoms with van der Waals surface area (Å²) in [4.78, 5) is 41.5. The Morgan fingerprint density at radius 2 is 2.23 bits per heavy atom. The molecule has 160 valence electrons. The summed E-state index contributed by atoms with van der Waals surface area (Å²) in [6.45, 7) is 4.35. The van der Waals surface area contributed by atoms with Crippen LogP contribution in [0, 0.1) is 23.1 Å². The van der Waals surface area contributed by atoms with Gasteiger partial charge in [-0.2, -0.15) is 5.26 Å². The summed E-state index contributed by atoms with van der Waals surface area (Å²) < 4.78 is 14.1. The van der Waals surface area contributed by atoms with Crippen LogP contribution in [0.1, 0.15) is 49.0 Å². The van der Waals surface area contributed by atoms with Crippen molar-refractivity contribution >= 4 is 30.0 Å². The summed E-state index contributed by atoms with van der Waals surface area (Å²) in [6.07, 6.45) is 3.28. The van der Waals surface area contributed by atoms with E-state index in [9.17, 15) is 24.0 Å². The maximum absolute atomic E-state index is 14.1. The number of nitrogens with zero attached hydrogens (tertiary/aromatic N) is 3. The maximum Gasteiger partial charge on any atom is 0.251 e. The van der Waals surface area contributed by atoms with Crippen LogP contribution in [0.15, 0.2) is 17.1 Å². The second-order valence-electron chi connectivity index (χ2n) is 7.40. The number of nitrogen functional groups attached to an aromatic ring is 1. The van der Waals surface area contributed by atoms with Crippen LogP contribution < -0.4 is 11.1 Å². The van der Waals surface area contributed by atoms with Crippen LogP contribution in [0.5, 0.6) is 0 Å². The average molecular weight is 415 g/mol. The van der Waals surface area contributed by atoms with E-state index in [1.807, 2.05) is 13.0 Å². The number of carbonyl (C=O) groups excluding carboxylic acids is 3. The van der Waals surface area contributed by atoms with E-state index in [-0.39, 0.29) is 36.0 Å². The molecule has 1 heterocycles. The van der Waals surface area contributed by atoms with E-state index in [1.165, 1.54) is 17.2 Å². The van der Waals surface area contributed by atoms with E-state index in [4.69, 9.17) is 5.73 Å². The number of carbonyl (C=O) groups is 3. The molecule has 1 aromatic carbocycles. The van der Waals surface area contributed by atoms with Crippen LogP contribution in [0.2, 0.25) is 0 Å². The second kappa shape index (κ2) is 10.5. The number of nitrogens with two attached hydrogens (primary N) is 1. The number of hydrogen-bond donors (Lipinski definition) is 2. The lowest BCUT2D eigenvalue weighted by molar-refractivity contribution is -0.131. The molecule has 3 atom stereocenters. The number of halogens is 1. The Bertz CT molecular complexity index is 880. The molecule has 0 radical (unpaired) electrons. The van der Waals surface area contributed by atoms with E-state index < -0.39 is 23.8 Å². The number of likely N-dealkylation sites (tertiary alicyclic amines) is 1. The van der Waals surface area contributed by atoms with Gasteiger partial charge in [-0.3, -0.25) is 14.6 Å². The first-order chi connectivity index (χ1) is 14.3. The molecule has 0 aliphatic carbocycles. The third kappa shape index (κ3) is 5.63. The molecule has 0 saturated carbocycles. The Hall–Kier alpha value is -3.28. The van der Waals surface area contributed by atoms with Crippen LogP contribution in [-0.4, -0.2) is 54.4 Å². The summed E-state index contributed by atoms with van der Waals surface area (Å²) in [7, 11) is 0. The van der Waals surface area contributed by atoms with Crippen molar-refractivity contribution in [2.75, 3.05) is 18.8 Å². The molecule has 2 rings (SSSR count). The Morgan fingerprint density at radius 3 is 2.87 bits per heavy atom. The highest BCUT2D eigenvalue weighted by atomic mass is 19.1. The molecule has 9 heteroatoms. The van der Waals surface area contributed by atoms with E-state index in [0.29, 0.717) is 18.5 Å². The predicted molar refractivity (Wildman–Crippen MR) is 110 cm³/mol. The summed E-state index contributed by atoms with van der Waals surface area (Å²) in [5.74, 6) is -1.95. The minimum Gasteiger partial charge on any atom is -0.396 e. The molecule has 1 aromatic rings. The number of benzene rings is 1. The van der Waals surface area contributed by atoms with Crippen molar-refractivity contribution in [3.05, 3.63) is 29.1 Å². The van der Waals surface area contributed by atoms with Crippen LogP contribution in [-0.2, 0) is 9.59 Å². The molecule has 1 aliphatic heterocycles. The molecule has 1 saturated heterocycles. The lowest BCUT2D eigenvalue weighted by Gasteiger charge is -2.22. The highest BCUT2D eigenvalue weighted by Crippen LogP contribution is 2.23. The van der Waals surface area contributed by atoms with E-state index >= 15 is 0 Å². The van der Waals surface area contributed by atoms with Gasteiger partial charge in [0.2, 0.25) is 5.91 Å². The number of nitrogens with one attached hydrogen (secondary N) is 1. The summed E-state index contributed by atoms with van der Waals surface area (Å²) >= 11 is 0. The smallest absolute Gasteiger partial charge is 0.251 e. The van der Waals surface area contributed by atoms with Crippen molar-refractivity contribution in [1.29, 1.82) is 5.26 Å². The number of aldehydes is 1. The maximum atomic E-state index is 14.1. The molecule has 0 aromatic heterocycles. The van der Waals surface area contributed by atoms with E-state index in [0.717, 1.165) is 18.8 Å². The molecular weight excluding hydrogens is 389 g/mol. The number of aliphatic imine (C=N–C) groups is 1. The number of hydrogen-bond acceptors (Lipinski definition) is 6. The van der Waals surface area contributed by atoms with Gasteiger partial charge in [0.05, 0.1) is 11.8 Å². The molecule has 2 amide bonds. The van der Waals surface area contributed by atoms with Gasteiger partial charge in [0.15, 0.2) is 0 Å². The Morgan fingerprint density at radius 1 is 1.50 bits per heavy atom. The van der Waals surface area contributed by atoms with Crippen LogP contribution in [0.4, 0.5) is 10.1 Å². The molecule has 1 aliphatic rings. The highest BCUT2D eigenvalue weighted by Gasteiger charge is 2.35. The molecule has 0 bridgehead atoms. The SMILES string of the molecule is CCCN=Cc1cc(C(=O)NC(C)CC(=O)N2CC(C=O)CC2C#N)cc(F)c1N. The van der Waals surface area contributed by atoms with Gasteiger partial charge < -0.3 is 20.7 Å². The third-order valence-electron chi connectivity index (χ3n) is 4.86. The van der Waals surface area contributed by atoms with Gasteiger partial charge in [-0.05, 0) is 31.9 Å². The fraction of sp³-hybridized carbons (Fsp3) is 0.476. The van der Waals surface area contributed by atoms with E-state index in [1.54, 1.807) is 6.92 Å². The van der Waals surface area contributed by atoms with Gasteiger partial charge >= 0.3 is 0 Å². The number of nitriles is 1. The topological polar surface area (TPSA) is 129 Å². The summed E-state index contributed by atoms with van der Waals surface area (Å²) in [5, 5.41) is 11.9. The molecule has 3 unspecified atom stereocenters. The zero-order valence-corrected chi connectivity index (χ0v) is 17.1. The Labute approximate surface area is 174 Å². The summed E-state index contributed by atoms with van der Waals surface area (Å²) in [5.41, 5.74) is 6.01. The van der Waals surface area contributed by atoms with Crippen molar-refractivity contribution in [1.82, 2.24) is 10.2 Å². The van der Waals surface area contributed by atoms with E-state index in [2.05, 4.69) is 10.3 Å². The number of amides is 2. The fourth-order valence-electron chi connectivity index (χ4n) is 3.27. The first-order valence-electron chi connectivity index (χ1n) is 9.84. The zero-order valence-electron chi connectivity index (χ0n) is 17.1. The minimum atomic E-state index is -0.724. The molecule has 30 heavy (non-hydrogen) atoms. The molecule has 0 spiro atoms. The molecule has 3 N–H and O–H groups in total. The van der Waals surface area contributed by atoms with Gasteiger partial charge in [0, 0.05) is 48.8 Å². The van der Waals surface area contributed by atoms with Crippen LogP contribution in [0.3, 0.4) is 0 Å². The van der Waals surface area contributed by atoms with Crippen molar-refractivity contribution in [2.45, 2.75) is 45.2 Å². The van der Waals surface area contributed by atoms with Gasteiger partial charge in [0.25, 0.3) is 5.91 Å². The average Bonchev–Trinajstić information content (AvgIpc) is 3.14. The molecule has 8 nitrogen and oxygen atoms in total. The number of rotatable bonds is 8. The Kier molecular flexibility index (Phi) is 8.04. The van der Waals surface area contributed by atoms with Crippen LogP contribution in [0.25, 0.3) is 0 Å². The monoisotopic (exact) mass is 415 g/mol. The zero-order chi connectivity index (χ0) is 22.3. The van der Waals surface area contributed by atoms with Gasteiger partial charge in [-0.1, -0.05) is 6.92 Å². The van der Waals surface area contributed by atoms with Gasteiger partial charge in [-0.25, -0.2) is 4.39 Å². The molecular formula is C21H26FN5O3. The Balaban J connectivity index is 2.04. The highest BCUT2D eigenvalue weighted by molar-refractivity contribution is 5.98. The first kappa shape index (κ1) is 23.0. The lowest BCUT2D eigenvalue weighted by atomic mass is 10.1. The quantitative estimate of drug-likeness (QED) is 0.379. The third-order valence-corrected chi connectivity index (χ3v) is 4.86. The lowest BCUT2D eigenvalue weighted by Crippen LogP contribution is -2.41. The van der Waals surface area contributed by atoms with Crippen molar-refractivity contribution in [3.63, 3.8) is 0 Å². The standard InChI is InChI=1S/C21H26FN5O3/c1-3-4-25-10-16-7-15(8-18(22)20(16)24)21(30)26-13(2)5-19(29)27-11-14(12-28)6-17(27)9-23/h7-8,10,12-14,17H,3-6,11,24H2,1-2H3,(H,26,30). The normalized spacial score (nSPS) is 19.5. The van der Waals surface area contributed by atoms with Crippen molar-refractivity contribution in [3.8, 4) is 6.07 Å². The first-order valence-corrected chi connectivity index (χ1v) is 9.84. The summed E-state index contributed by atoms with van der Waals surface area (Å²) in [6, 6.07) is 3.31. The minimum absolute atomic E-state index is 0.0439. The number of anilines is 1. The second-order valence-corrected chi connectivity index (χ2v) is 7.40. The predicted octanol–water partition coefficient (Wildman–Crippen LogP) is 1.68.